The van der Waals surface area contributed by atoms with Gasteiger partial charge >= 0.3 is 0 Å². The molecule has 1 aromatic heterocycles. The van der Waals surface area contributed by atoms with Gasteiger partial charge in [0, 0.05) is 0 Å². The Morgan fingerprint density at radius 1 is 1.64 bits per heavy atom. The summed E-state index contributed by atoms with van der Waals surface area (Å²) in [5.74, 6) is 0.830. The van der Waals surface area contributed by atoms with Gasteiger partial charge in [0.25, 0.3) is 0 Å². The summed E-state index contributed by atoms with van der Waals surface area (Å²) in [5, 5.41) is 0.962. The quantitative estimate of drug-likeness (QED) is 0.752. The van der Waals surface area contributed by atoms with Crippen molar-refractivity contribution in [1.82, 2.24) is 9.36 Å². The van der Waals surface area contributed by atoms with Gasteiger partial charge in [0.15, 0.2) is 0 Å². The number of nitrogens with two attached hydrogens (primary N) is 1. The number of hydrogen-bond acceptors (Lipinski definition) is 4. The van der Waals surface area contributed by atoms with Crippen LogP contribution in [-0.4, -0.2) is 9.36 Å². The van der Waals surface area contributed by atoms with Gasteiger partial charge in [-0.3, -0.25) is 0 Å². The third-order valence-electron chi connectivity index (χ3n) is 1.46. The Labute approximate surface area is 70.8 Å². The van der Waals surface area contributed by atoms with Gasteiger partial charge in [0.05, 0.1) is 6.04 Å². The summed E-state index contributed by atoms with van der Waals surface area (Å²) in [6.07, 6.45) is 2.09. The van der Waals surface area contributed by atoms with E-state index in [9.17, 15) is 0 Å². The summed E-state index contributed by atoms with van der Waals surface area (Å²) in [6.45, 7) is 4.01. The molecule has 3 nitrogen and oxygen atoms in total. The molecule has 0 saturated carbocycles. The normalized spacial score (nSPS) is 13.4. The molecule has 4 heteroatoms. The van der Waals surface area contributed by atoms with Crippen LogP contribution in [0.2, 0.25) is 0 Å². The van der Waals surface area contributed by atoms with Crippen molar-refractivity contribution in [2.45, 2.75) is 32.7 Å². The van der Waals surface area contributed by atoms with Gasteiger partial charge in [-0.05, 0) is 24.9 Å². The van der Waals surface area contributed by atoms with Crippen LogP contribution in [0.3, 0.4) is 0 Å². The molecule has 1 rings (SSSR count). The second-order valence-corrected chi connectivity index (χ2v) is 3.36. The largest absolute Gasteiger partial charge is 0.322 e. The lowest BCUT2D eigenvalue weighted by Crippen LogP contribution is -2.09. The van der Waals surface area contributed by atoms with Crippen molar-refractivity contribution < 1.29 is 0 Å². The summed E-state index contributed by atoms with van der Waals surface area (Å²) < 4.78 is 4.07. The van der Waals surface area contributed by atoms with Crippen LogP contribution in [0, 0.1) is 6.92 Å². The molecule has 0 spiro atoms. The molecule has 0 amide bonds. The average molecular weight is 171 g/mol. The van der Waals surface area contributed by atoms with Crippen molar-refractivity contribution in [3.63, 3.8) is 0 Å². The van der Waals surface area contributed by atoms with E-state index in [1.165, 1.54) is 11.5 Å². The lowest BCUT2D eigenvalue weighted by atomic mass is 10.2. The molecule has 1 unspecified atom stereocenters. The topological polar surface area (TPSA) is 51.8 Å². The zero-order valence-corrected chi connectivity index (χ0v) is 7.69. The van der Waals surface area contributed by atoms with Crippen molar-refractivity contribution >= 4 is 11.5 Å². The fraction of sp³-hybridized carbons (Fsp3) is 0.714. The second kappa shape index (κ2) is 3.78. The van der Waals surface area contributed by atoms with Gasteiger partial charge in [-0.25, -0.2) is 4.98 Å². The maximum Gasteiger partial charge on any atom is 0.139 e. The van der Waals surface area contributed by atoms with E-state index in [1.807, 2.05) is 6.92 Å². The Hall–Kier alpha value is -0.480. The predicted molar refractivity (Wildman–Crippen MR) is 46.5 cm³/mol. The summed E-state index contributed by atoms with van der Waals surface area (Å²) >= 11 is 1.41. The first-order valence-electron chi connectivity index (χ1n) is 3.79. The Morgan fingerprint density at radius 2 is 2.36 bits per heavy atom. The van der Waals surface area contributed by atoms with Gasteiger partial charge in [-0.15, -0.1) is 0 Å². The Bertz CT molecular complexity index is 221. The highest BCUT2D eigenvalue weighted by molar-refractivity contribution is 7.05. The molecule has 0 bridgehead atoms. The van der Waals surface area contributed by atoms with E-state index in [4.69, 9.17) is 5.73 Å². The fourth-order valence-electron chi connectivity index (χ4n) is 0.898. The minimum Gasteiger partial charge on any atom is -0.322 e. The third kappa shape index (κ3) is 2.24. The Morgan fingerprint density at radius 3 is 2.82 bits per heavy atom. The lowest BCUT2D eigenvalue weighted by Gasteiger charge is -2.03. The van der Waals surface area contributed by atoms with Gasteiger partial charge in [-0.1, -0.05) is 13.3 Å². The van der Waals surface area contributed by atoms with E-state index in [0.717, 1.165) is 23.7 Å². The van der Waals surface area contributed by atoms with E-state index in [1.54, 1.807) is 0 Å². The first-order chi connectivity index (χ1) is 5.24. The van der Waals surface area contributed by atoms with Crippen LogP contribution in [0.25, 0.3) is 0 Å². The van der Waals surface area contributed by atoms with Crippen molar-refractivity contribution in [1.29, 1.82) is 0 Å². The first-order valence-corrected chi connectivity index (χ1v) is 4.57. The monoisotopic (exact) mass is 171 g/mol. The number of hydrogen-bond donors (Lipinski definition) is 1. The molecule has 1 aromatic rings. The van der Waals surface area contributed by atoms with Crippen molar-refractivity contribution in [2.75, 3.05) is 0 Å². The van der Waals surface area contributed by atoms with E-state index >= 15 is 0 Å². The van der Waals surface area contributed by atoms with Crippen molar-refractivity contribution in [3.05, 3.63) is 10.8 Å². The van der Waals surface area contributed by atoms with E-state index in [2.05, 4.69) is 16.3 Å². The number of nitrogens with zero attached hydrogens (tertiary/aromatic N) is 2. The molecule has 0 aliphatic carbocycles. The van der Waals surface area contributed by atoms with Crippen LogP contribution in [0.1, 0.15) is 36.6 Å². The predicted octanol–water partition coefficient (Wildman–Crippen LogP) is 1.65. The molecule has 1 atom stereocenters. The molecule has 0 saturated heterocycles. The SMILES string of the molecule is CCCC(N)c1nc(C)ns1. The van der Waals surface area contributed by atoms with Crippen LogP contribution < -0.4 is 5.73 Å². The molecule has 0 radical (unpaired) electrons. The van der Waals surface area contributed by atoms with Gasteiger partial charge in [-0.2, -0.15) is 4.37 Å². The number of aryl methyl sites for hydroxylation is 1. The average Bonchev–Trinajstić information content (AvgIpc) is 2.36. The van der Waals surface area contributed by atoms with E-state index in [-0.39, 0.29) is 6.04 Å². The first kappa shape index (κ1) is 8.62. The summed E-state index contributed by atoms with van der Waals surface area (Å²) in [5.41, 5.74) is 5.83. The van der Waals surface area contributed by atoms with Crippen LogP contribution in [0.5, 0.6) is 0 Å². The summed E-state index contributed by atoms with van der Waals surface area (Å²) in [4.78, 5) is 4.21. The van der Waals surface area contributed by atoms with Crippen molar-refractivity contribution in [3.8, 4) is 0 Å². The molecule has 0 aliphatic heterocycles. The highest BCUT2D eigenvalue weighted by Crippen LogP contribution is 2.16. The van der Waals surface area contributed by atoms with Crippen LogP contribution in [0.4, 0.5) is 0 Å². The number of rotatable bonds is 3. The Balaban J connectivity index is 2.60. The summed E-state index contributed by atoms with van der Waals surface area (Å²) in [6, 6.07) is 0.0891. The molecular formula is C7H13N3S. The lowest BCUT2D eigenvalue weighted by molar-refractivity contribution is 0.633. The fourth-order valence-corrected chi connectivity index (χ4v) is 1.59. The minimum absolute atomic E-state index is 0.0891. The van der Waals surface area contributed by atoms with E-state index in [0.29, 0.717) is 0 Å². The third-order valence-corrected chi connectivity index (χ3v) is 2.40. The van der Waals surface area contributed by atoms with Crippen LogP contribution >= 0.6 is 11.5 Å². The van der Waals surface area contributed by atoms with Gasteiger partial charge in [0.1, 0.15) is 10.8 Å². The van der Waals surface area contributed by atoms with Gasteiger partial charge in [0.2, 0.25) is 0 Å². The zero-order valence-electron chi connectivity index (χ0n) is 6.87. The maximum absolute atomic E-state index is 5.83. The minimum atomic E-state index is 0.0891. The molecule has 0 aliphatic rings. The molecular weight excluding hydrogens is 158 g/mol. The standard InChI is InChI=1S/C7H13N3S/c1-3-4-6(8)7-9-5(2)10-11-7/h6H,3-4,8H2,1-2H3. The van der Waals surface area contributed by atoms with E-state index < -0.39 is 0 Å². The van der Waals surface area contributed by atoms with Gasteiger partial charge < -0.3 is 5.73 Å². The highest BCUT2D eigenvalue weighted by atomic mass is 32.1. The maximum atomic E-state index is 5.83. The molecule has 62 valence electrons. The smallest absolute Gasteiger partial charge is 0.139 e. The van der Waals surface area contributed by atoms with Crippen molar-refractivity contribution in [2.24, 2.45) is 5.73 Å². The van der Waals surface area contributed by atoms with Crippen LogP contribution in [-0.2, 0) is 0 Å². The highest BCUT2D eigenvalue weighted by Gasteiger charge is 2.08. The second-order valence-electron chi connectivity index (χ2n) is 2.57. The zero-order chi connectivity index (χ0) is 8.27. The van der Waals surface area contributed by atoms with Crippen LogP contribution in [0.15, 0.2) is 0 Å². The molecule has 1 heterocycles. The molecule has 2 N–H and O–H groups in total. The molecule has 11 heavy (non-hydrogen) atoms. The Kier molecular flexibility index (Phi) is 2.96. The molecule has 0 aromatic carbocycles. The molecule has 0 fully saturated rings. The summed E-state index contributed by atoms with van der Waals surface area (Å²) in [7, 11) is 0. The number of aromatic nitrogens is 2.